The van der Waals surface area contributed by atoms with E-state index in [0.29, 0.717) is 32.7 Å². The summed E-state index contributed by atoms with van der Waals surface area (Å²) in [6, 6.07) is -0.443. The van der Waals surface area contributed by atoms with Crippen molar-refractivity contribution < 1.29 is 23.0 Å². The lowest BCUT2D eigenvalue weighted by atomic mass is 9.87. The number of alkyl halides is 2. The number of morpholine rings is 1. The summed E-state index contributed by atoms with van der Waals surface area (Å²) in [5, 5.41) is 0. The Morgan fingerprint density at radius 3 is 2.42 bits per heavy atom. The summed E-state index contributed by atoms with van der Waals surface area (Å²) in [4.78, 5) is 14.6. The van der Waals surface area contributed by atoms with Gasteiger partial charge in [-0.15, -0.1) is 0 Å². The van der Waals surface area contributed by atoms with Crippen LogP contribution in [0.2, 0.25) is 0 Å². The minimum atomic E-state index is -2.52. The van der Waals surface area contributed by atoms with Crippen molar-refractivity contribution >= 4 is 5.91 Å². The molecule has 4 atom stereocenters. The molecule has 2 aliphatic heterocycles. The van der Waals surface area contributed by atoms with Crippen LogP contribution in [0.5, 0.6) is 0 Å². The first-order valence-electron chi connectivity index (χ1n) is 9.02. The molecule has 3 rings (SSSR count). The number of nitrogens with two attached hydrogens (primary N) is 1. The summed E-state index contributed by atoms with van der Waals surface area (Å²) in [7, 11) is 0. The number of rotatable bonds is 5. The molecule has 2 N–H and O–H groups in total. The summed E-state index contributed by atoms with van der Waals surface area (Å²) in [6.07, 6.45) is 2.31. The fraction of sp³-hybridized carbons (Fsp3) is 0.941. The second-order valence-corrected chi connectivity index (χ2v) is 7.53. The van der Waals surface area contributed by atoms with Crippen molar-refractivity contribution in [1.29, 1.82) is 0 Å². The Morgan fingerprint density at radius 1 is 1.25 bits per heavy atom. The zero-order chi connectivity index (χ0) is 17.3. The third kappa shape index (κ3) is 3.89. The fourth-order valence-corrected chi connectivity index (χ4v) is 4.02. The summed E-state index contributed by atoms with van der Waals surface area (Å²) >= 11 is 0. The topological polar surface area (TPSA) is 64.8 Å². The van der Waals surface area contributed by atoms with Crippen LogP contribution in [0.4, 0.5) is 8.78 Å². The van der Waals surface area contributed by atoms with Crippen LogP contribution < -0.4 is 5.73 Å². The number of carbonyl (C=O) groups excluding carboxylic acids is 1. The van der Waals surface area contributed by atoms with Crippen LogP contribution in [0, 0.1) is 5.92 Å². The highest BCUT2D eigenvalue weighted by molar-refractivity contribution is 5.83. The maximum atomic E-state index is 13.2. The Morgan fingerprint density at radius 2 is 1.83 bits per heavy atom. The van der Waals surface area contributed by atoms with Crippen LogP contribution >= 0.6 is 0 Å². The minimum absolute atomic E-state index is 0.0719. The molecule has 0 aromatic rings. The molecule has 2 saturated heterocycles. The number of carbonyl (C=O) groups is 1. The molecule has 1 amide bonds. The minimum Gasteiger partial charge on any atom is -0.377 e. The van der Waals surface area contributed by atoms with E-state index in [0.717, 1.165) is 12.8 Å². The largest absolute Gasteiger partial charge is 0.377 e. The van der Waals surface area contributed by atoms with E-state index in [1.54, 1.807) is 6.92 Å². The van der Waals surface area contributed by atoms with E-state index < -0.39 is 18.1 Å². The highest BCUT2D eigenvalue weighted by atomic mass is 19.3. The summed E-state index contributed by atoms with van der Waals surface area (Å²) in [6.45, 7) is 3.36. The third-order valence-electron chi connectivity index (χ3n) is 5.72. The Bertz CT molecular complexity index is 437. The van der Waals surface area contributed by atoms with Gasteiger partial charge >= 0.3 is 0 Å². The molecule has 7 heteroatoms. The predicted molar refractivity (Wildman–Crippen MR) is 84.8 cm³/mol. The van der Waals surface area contributed by atoms with Crippen LogP contribution in [-0.4, -0.2) is 60.8 Å². The normalized spacial score (nSPS) is 32.6. The third-order valence-corrected chi connectivity index (χ3v) is 5.72. The molecule has 2 bridgehead atoms. The molecule has 2 heterocycles. The lowest BCUT2D eigenvalue weighted by molar-refractivity contribution is -0.146. The van der Waals surface area contributed by atoms with Gasteiger partial charge in [0, 0.05) is 19.4 Å². The van der Waals surface area contributed by atoms with Crippen LogP contribution in [0.15, 0.2) is 0 Å². The Kier molecular flexibility index (Phi) is 5.42. The smallest absolute Gasteiger partial charge is 0.248 e. The number of ether oxygens (including phenoxy) is 2. The van der Waals surface area contributed by atoms with Crippen molar-refractivity contribution in [3.63, 3.8) is 0 Å². The average molecular weight is 346 g/mol. The van der Waals surface area contributed by atoms with E-state index >= 15 is 0 Å². The molecule has 3 aliphatic rings. The number of amides is 1. The second kappa shape index (κ2) is 7.22. The molecule has 2 unspecified atom stereocenters. The Hall–Kier alpha value is -0.790. The Balaban J connectivity index is 1.46. The van der Waals surface area contributed by atoms with Crippen LogP contribution in [0.1, 0.15) is 45.4 Å². The van der Waals surface area contributed by atoms with Crippen molar-refractivity contribution in [2.24, 2.45) is 11.7 Å². The number of hydrogen-bond acceptors (Lipinski definition) is 4. The number of hydrogen-bond donors (Lipinski definition) is 1. The molecule has 0 aromatic heterocycles. The first-order chi connectivity index (χ1) is 11.4. The monoisotopic (exact) mass is 346 g/mol. The van der Waals surface area contributed by atoms with Crippen molar-refractivity contribution in [2.75, 3.05) is 19.8 Å². The molecule has 0 aromatic carbocycles. The Labute approximate surface area is 141 Å². The molecular weight excluding hydrogens is 318 g/mol. The van der Waals surface area contributed by atoms with Crippen LogP contribution in [-0.2, 0) is 14.3 Å². The van der Waals surface area contributed by atoms with Gasteiger partial charge in [0.15, 0.2) is 0 Å². The van der Waals surface area contributed by atoms with Crippen LogP contribution in [0.25, 0.3) is 0 Å². The lowest BCUT2D eigenvalue weighted by Gasteiger charge is -2.37. The summed E-state index contributed by atoms with van der Waals surface area (Å²) < 4.78 is 37.6. The van der Waals surface area contributed by atoms with E-state index in [2.05, 4.69) is 0 Å². The van der Waals surface area contributed by atoms with Crippen molar-refractivity contribution in [3.05, 3.63) is 0 Å². The highest BCUT2D eigenvalue weighted by Gasteiger charge is 2.43. The zero-order valence-corrected chi connectivity index (χ0v) is 14.3. The molecular formula is C17H28F2N2O3. The van der Waals surface area contributed by atoms with Gasteiger partial charge in [0.2, 0.25) is 11.8 Å². The standard InChI is InChI=1S/C17H28F2N2O3/c1-11(24-8-12-4-6-17(18,19)7-5-12)15(20)16(22)21-13-2-3-14(21)10-23-9-13/h11-15H,2-10,20H2,1H3/t11-,13?,14?,15+/m1/s1. The predicted octanol–water partition coefficient (Wildman–Crippen LogP) is 1.93. The van der Waals surface area contributed by atoms with Gasteiger partial charge in [-0.3, -0.25) is 4.79 Å². The van der Waals surface area contributed by atoms with Crippen molar-refractivity contribution in [2.45, 2.75) is 75.6 Å². The molecule has 1 saturated carbocycles. The van der Waals surface area contributed by atoms with Gasteiger partial charge in [-0.2, -0.15) is 0 Å². The van der Waals surface area contributed by atoms with Crippen LogP contribution in [0.3, 0.4) is 0 Å². The number of nitrogens with zero attached hydrogens (tertiary/aromatic N) is 1. The van der Waals surface area contributed by atoms with E-state index in [4.69, 9.17) is 15.2 Å². The van der Waals surface area contributed by atoms with Gasteiger partial charge in [-0.25, -0.2) is 8.78 Å². The van der Waals surface area contributed by atoms with Gasteiger partial charge in [0.05, 0.1) is 31.4 Å². The second-order valence-electron chi connectivity index (χ2n) is 7.53. The molecule has 5 nitrogen and oxygen atoms in total. The van der Waals surface area contributed by atoms with Crippen molar-refractivity contribution in [3.8, 4) is 0 Å². The zero-order valence-electron chi connectivity index (χ0n) is 14.3. The van der Waals surface area contributed by atoms with Gasteiger partial charge in [0.1, 0.15) is 6.04 Å². The fourth-order valence-electron chi connectivity index (χ4n) is 4.02. The van der Waals surface area contributed by atoms with Gasteiger partial charge in [-0.1, -0.05) is 0 Å². The van der Waals surface area contributed by atoms with E-state index in [-0.39, 0.29) is 36.8 Å². The first kappa shape index (κ1) is 18.0. The maximum Gasteiger partial charge on any atom is 0.248 e. The quantitative estimate of drug-likeness (QED) is 0.826. The average Bonchev–Trinajstić information content (AvgIpc) is 2.81. The van der Waals surface area contributed by atoms with Gasteiger partial charge < -0.3 is 20.1 Å². The molecule has 24 heavy (non-hydrogen) atoms. The van der Waals surface area contributed by atoms with Gasteiger partial charge in [0.25, 0.3) is 0 Å². The maximum absolute atomic E-state index is 13.2. The molecule has 0 radical (unpaired) electrons. The lowest BCUT2D eigenvalue weighted by Crippen LogP contribution is -2.57. The van der Waals surface area contributed by atoms with E-state index in [9.17, 15) is 13.6 Å². The van der Waals surface area contributed by atoms with E-state index in [1.807, 2.05) is 4.90 Å². The SMILES string of the molecule is C[C@@H](OCC1CCC(F)(F)CC1)[C@H](N)C(=O)N1C2CCC1COC2. The summed E-state index contributed by atoms with van der Waals surface area (Å²) in [5.74, 6) is -2.47. The molecule has 3 fully saturated rings. The molecule has 0 spiro atoms. The number of fused-ring (bicyclic) bond motifs is 2. The first-order valence-corrected chi connectivity index (χ1v) is 9.02. The molecule has 138 valence electrons. The van der Waals surface area contributed by atoms with Crippen molar-refractivity contribution in [1.82, 2.24) is 4.90 Å². The van der Waals surface area contributed by atoms with E-state index in [1.165, 1.54) is 0 Å². The number of halogens is 2. The van der Waals surface area contributed by atoms with Gasteiger partial charge in [-0.05, 0) is 38.5 Å². The highest BCUT2D eigenvalue weighted by Crippen LogP contribution is 2.36. The molecule has 1 aliphatic carbocycles. The summed E-state index contributed by atoms with van der Waals surface area (Å²) in [5.41, 5.74) is 6.13.